The van der Waals surface area contributed by atoms with Crippen LogP contribution in [0.5, 0.6) is 0 Å². The maximum Gasteiger partial charge on any atom is 0.261 e. The van der Waals surface area contributed by atoms with Gasteiger partial charge in [0, 0.05) is 47.6 Å². The second kappa shape index (κ2) is 8.78. The first kappa shape index (κ1) is 20.9. The molecule has 4 rings (SSSR count). The average Bonchev–Trinajstić information content (AvgIpc) is 2.73. The van der Waals surface area contributed by atoms with E-state index in [0.717, 1.165) is 47.0 Å². The molecule has 152 valence electrons. The van der Waals surface area contributed by atoms with Gasteiger partial charge in [0.15, 0.2) is 0 Å². The first-order chi connectivity index (χ1) is 13.9. The van der Waals surface area contributed by atoms with Crippen LogP contribution in [0.2, 0.25) is 5.02 Å². The molecule has 1 fully saturated rings. The number of hydrogen-bond donors (Lipinski definition) is 0. The fourth-order valence-corrected chi connectivity index (χ4v) is 5.01. The van der Waals surface area contributed by atoms with Gasteiger partial charge >= 0.3 is 0 Å². The van der Waals surface area contributed by atoms with Gasteiger partial charge in [-0.2, -0.15) is 0 Å². The van der Waals surface area contributed by atoms with Crippen molar-refractivity contribution in [2.24, 2.45) is 7.05 Å². The van der Waals surface area contributed by atoms with E-state index in [-0.39, 0.29) is 11.6 Å². The molecular weight excluding hydrogens is 472 g/mol. The zero-order valence-electron chi connectivity index (χ0n) is 16.3. The van der Waals surface area contributed by atoms with Gasteiger partial charge in [-0.25, -0.2) is 9.29 Å². The Balaban J connectivity index is 1.47. The Hall–Kier alpha value is -1.38. The van der Waals surface area contributed by atoms with Crippen LogP contribution in [0.3, 0.4) is 0 Å². The molecule has 1 saturated heterocycles. The molecule has 1 atom stereocenters. The van der Waals surface area contributed by atoms with Crippen LogP contribution in [-0.4, -0.2) is 44.9 Å². The van der Waals surface area contributed by atoms with Crippen LogP contribution in [-0.2, 0) is 7.05 Å². The third kappa shape index (κ3) is 4.54. The molecule has 2 aromatic carbocycles. The van der Waals surface area contributed by atoms with Crippen LogP contribution in [0.15, 0.2) is 56.6 Å². The fourth-order valence-electron chi connectivity index (χ4n) is 3.62. The zero-order chi connectivity index (χ0) is 20.5. The van der Waals surface area contributed by atoms with Crippen LogP contribution >= 0.6 is 39.5 Å². The second-order valence-electron chi connectivity index (χ2n) is 7.18. The number of hydrogen-bond acceptors (Lipinski definition) is 5. The zero-order valence-corrected chi connectivity index (χ0v) is 19.5. The largest absolute Gasteiger partial charge is 0.298 e. The third-order valence-electron chi connectivity index (χ3n) is 5.32. The summed E-state index contributed by atoms with van der Waals surface area (Å²) < 4.78 is 4.95. The topological polar surface area (TPSA) is 41.4 Å². The lowest BCUT2D eigenvalue weighted by Gasteiger charge is -2.37. The summed E-state index contributed by atoms with van der Waals surface area (Å²) in [6, 6.07) is 13.7. The fraction of sp³-hybridized carbons (Fsp3) is 0.333. The standard InChI is InChI=1S/C21H22BrClN4OS/c1-14(20-24-19-8-3-15(22)13-18(19)21(28)25(20)2)26-9-11-27(12-10-26)29-17-6-4-16(23)5-7-17/h3-8,13-14H,9-12H2,1-2H3. The van der Waals surface area contributed by atoms with Crippen molar-refractivity contribution >= 4 is 50.4 Å². The summed E-state index contributed by atoms with van der Waals surface area (Å²) >= 11 is 11.2. The highest BCUT2D eigenvalue weighted by atomic mass is 79.9. The normalized spacial score (nSPS) is 17.0. The number of aromatic nitrogens is 2. The van der Waals surface area contributed by atoms with Crippen molar-refractivity contribution < 1.29 is 0 Å². The number of rotatable bonds is 4. The van der Waals surface area contributed by atoms with Gasteiger partial charge in [-0.1, -0.05) is 27.5 Å². The summed E-state index contributed by atoms with van der Waals surface area (Å²) in [5.41, 5.74) is 0.741. The van der Waals surface area contributed by atoms with Crippen LogP contribution < -0.4 is 5.56 Å². The Labute approximate surface area is 187 Å². The molecule has 1 aliphatic rings. The molecule has 3 aromatic rings. The van der Waals surface area contributed by atoms with Crippen LogP contribution in [0.1, 0.15) is 18.8 Å². The maximum absolute atomic E-state index is 12.8. The van der Waals surface area contributed by atoms with Gasteiger partial charge < -0.3 is 0 Å². The first-order valence-corrected chi connectivity index (χ1v) is 11.5. The van der Waals surface area contributed by atoms with Gasteiger partial charge in [0.25, 0.3) is 5.56 Å². The van der Waals surface area contributed by atoms with E-state index in [9.17, 15) is 4.79 Å². The van der Waals surface area contributed by atoms with E-state index in [0.29, 0.717) is 5.39 Å². The predicted octanol–water partition coefficient (Wildman–Crippen LogP) is 4.74. The van der Waals surface area contributed by atoms with Crippen molar-refractivity contribution in [3.63, 3.8) is 0 Å². The molecule has 0 saturated carbocycles. The number of halogens is 2. The smallest absolute Gasteiger partial charge is 0.261 e. The Kier molecular flexibility index (Phi) is 6.32. The van der Waals surface area contributed by atoms with E-state index in [1.165, 1.54) is 4.90 Å². The van der Waals surface area contributed by atoms with Crippen molar-refractivity contribution in [2.75, 3.05) is 26.2 Å². The SMILES string of the molecule is CC(c1nc2ccc(Br)cc2c(=O)n1C)N1CCN(Sc2ccc(Cl)cc2)CC1. The predicted molar refractivity (Wildman–Crippen MR) is 124 cm³/mol. The molecule has 1 unspecified atom stereocenters. The van der Waals surface area contributed by atoms with Crippen LogP contribution in [0.4, 0.5) is 0 Å². The van der Waals surface area contributed by atoms with E-state index < -0.39 is 0 Å². The highest BCUT2D eigenvalue weighted by Crippen LogP contribution is 2.28. The average molecular weight is 494 g/mol. The van der Waals surface area contributed by atoms with Gasteiger partial charge in [0.1, 0.15) is 5.82 Å². The molecule has 5 nitrogen and oxygen atoms in total. The lowest BCUT2D eigenvalue weighted by atomic mass is 10.2. The molecule has 29 heavy (non-hydrogen) atoms. The summed E-state index contributed by atoms with van der Waals surface area (Å²) in [6.45, 7) is 5.89. The highest BCUT2D eigenvalue weighted by molar-refractivity contribution is 9.10. The Morgan fingerprint density at radius 2 is 1.79 bits per heavy atom. The minimum absolute atomic E-state index is 0.00456. The van der Waals surface area contributed by atoms with Gasteiger partial charge in [-0.3, -0.25) is 14.3 Å². The molecule has 0 bridgehead atoms. The quantitative estimate of drug-likeness (QED) is 0.491. The van der Waals surface area contributed by atoms with Gasteiger partial charge in [0.2, 0.25) is 0 Å². The Morgan fingerprint density at radius 3 is 2.48 bits per heavy atom. The molecule has 1 aliphatic heterocycles. The van der Waals surface area contributed by atoms with Crippen molar-refractivity contribution in [2.45, 2.75) is 17.9 Å². The number of fused-ring (bicyclic) bond motifs is 1. The number of benzene rings is 2. The molecule has 0 N–H and O–H groups in total. The molecule has 1 aromatic heterocycles. The monoisotopic (exact) mass is 492 g/mol. The molecule has 0 aliphatic carbocycles. The molecular formula is C21H22BrClN4OS. The van der Waals surface area contributed by atoms with Crippen molar-refractivity contribution in [1.29, 1.82) is 0 Å². The number of piperazine rings is 1. The van der Waals surface area contributed by atoms with E-state index in [2.05, 4.69) is 44.2 Å². The summed E-state index contributed by atoms with van der Waals surface area (Å²) in [7, 11) is 1.81. The van der Waals surface area contributed by atoms with Crippen LogP contribution in [0, 0.1) is 0 Å². The Bertz CT molecular complexity index is 1080. The minimum atomic E-state index is -0.00456. The highest BCUT2D eigenvalue weighted by Gasteiger charge is 2.25. The maximum atomic E-state index is 12.8. The van der Waals surface area contributed by atoms with E-state index in [1.807, 2.05) is 37.4 Å². The van der Waals surface area contributed by atoms with Crippen molar-refractivity contribution in [1.82, 2.24) is 18.8 Å². The summed E-state index contributed by atoms with van der Waals surface area (Å²) in [4.78, 5) is 21.2. The van der Waals surface area contributed by atoms with Crippen molar-refractivity contribution in [3.05, 3.63) is 68.1 Å². The summed E-state index contributed by atoms with van der Waals surface area (Å²) in [5.74, 6) is 0.809. The molecule has 8 heteroatoms. The minimum Gasteiger partial charge on any atom is -0.298 e. The van der Waals surface area contributed by atoms with E-state index in [4.69, 9.17) is 16.6 Å². The number of nitrogens with zero attached hydrogens (tertiary/aromatic N) is 4. The Morgan fingerprint density at radius 1 is 1.10 bits per heavy atom. The van der Waals surface area contributed by atoms with Crippen LogP contribution in [0.25, 0.3) is 10.9 Å². The lowest BCUT2D eigenvalue weighted by Crippen LogP contribution is -2.45. The van der Waals surface area contributed by atoms with Gasteiger partial charge in [0.05, 0.1) is 16.9 Å². The lowest BCUT2D eigenvalue weighted by molar-refractivity contribution is 0.144. The molecule has 2 heterocycles. The first-order valence-electron chi connectivity index (χ1n) is 9.51. The van der Waals surface area contributed by atoms with Crippen molar-refractivity contribution in [3.8, 4) is 0 Å². The van der Waals surface area contributed by atoms with Gasteiger partial charge in [-0.05, 0) is 61.3 Å². The molecule has 0 radical (unpaired) electrons. The molecule has 0 spiro atoms. The summed E-state index contributed by atoms with van der Waals surface area (Å²) in [6.07, 6.45) is 0. The molecule has 0 amide bonds. The van der Waals surface area contributed by atoms with E-state index in [1.54, 1.807) is 16.5 Å². The van der Waals surface area contributed by atoms with Gasteiger partial charge in [-0.15, -0.1) is 0 Å². The summed E-state index contributed by atoms with van der Waals surface area (Å²) in [5, 5.41) is 1.40. The third-order valence-corrected chi connectivity index (χ3v) is 7.17. The van der Waals surface area contributed by atoms with E-state index >= 15 is 0 Å². The second-order valence-corrected chi connectivity index (χ2v) is 9.70.